The molecular weight excluding hydrogens is 242 g/mol. The number of carboxylic acids is 1. The van der Waals surface area contributed by atoms with Crippen LogP contribution >= 0.6 is 0 Å². The van der Waals surface area contributed by atoms with Gasteiger partial charge in [0.2, 0.25) is 5.91 Å². The summed E-state index contributed by atoms with van der Waals surface area (Å²) in [4.78, 5) is 25.6. The van der Waals surface area contributed by atoms with Gasteiger partial charge in [0.15, 0.2) is 0 Å². The fourth-order valence-corrected chi connectivity index (χ4v) is 3.47. The minimum atomic E-state index is -0.761. The molecular formula is C15H25NO3. The number of piperidine rings is 1. The molecule has 2 fully saturated rings. The summed E-state index contributed by atoms with van der Waals surface area (Å²) in [5, 5.41) is 9.12. The van der Waals surface area contributed by atoms with Gasteiger partial charge >= 0.3 is 5.97 Å². The Balaban J connectivity index is 2.03. The predicted octanol–water partition coefficient (Wildman–Crippen LogP) is 2.67. The molecule has 0 aromatic carbocycles. The minimum Gasteiger partial charge on any atom is -0.481 e. The largest absolute Gasteiger partial charge is 0.481 e. The van der Waals surface area contributed by atoms with Crippen molar-refractivity contribution in [2.45, 2.75) is 58.3 Å². The van der Waals surface area contributed by atoms with Gasteiger partial charge in [-0.05, 0) is 25.7 Å². The summed E-state index contributed by atoms with van der Waals surface area (Å²) in [6.45, 7) is 3.22. The van der Waals surface area contributed by atoms with Crippen LogP contribution in [0.5, 0.6) is 0 Å². The van der Waals surface area contributed by atoms with Crippen LogP contribution < -0.4 is 0 Å². The number of carbonyl (C=O) groups is 2. The van der Waals surface area contributed by atoms with Gasteiger partial charge in [-0.1, -0.05) is 32.6 Å². The number of amides is 1. The van der Waals surface area contributed by atoms with Crippen LogP contribution in [0.3, 0.4) is 0 Å². The van der Waals surface area contributed by atoms with E-state index in [4.69, 9.17) is 5.11 Å². The molecule has 4 heteroatoms. The quantitative estimate of drug-likeness (QED) is 0.783. The van der Waals surface area contributed by atoms with Crippen molar-refractivity contribution in [3.8, 4) is 0 Å². The van der Waals surface area contributed by atoms with Crippen molar-refractivity contribution in [2.75, 3.05) is 13.1 Å². The zero-order chi connectivity index (χ0) is 13.9. The molecule has 1 atom stereocenters. The Labute approximate surface area is 115 Å². The van der Waals surface area contributed by atoms with Crippen LogP contribution in [0, 0.1) is 11.3 Å². The van der Waals surface area contributed by atoms with Gasteiger partial charge in [0.25, 0.3) is 0 Å². The molecule has 0 unspecified atom stereocenters. The van der Waals surface area contributed by atoms with Crippen molar-refractivity contribution < 1.29 is 14.7 Å². The van der Waals surface area contributed by atoms with Gasteiger partial charge in [0.1, 0.15) is 0 Å². The zero-order valence-electron chi connectivity index (χ0n) is 11.9. The lowest BCUT2D eigenvalue weighted by Gasteiger charge is -2.37. The van der Waals surface area contributed by atoms with Crippen LogP contribution in [0.15, 0.2) is 0 Å². The summed E-state index contributed by atoms with van der Waals surface area (Å²) in [7, 11) is 0. The second-order valence-corrected chi connectivity index (χ2v) is 6.40. The Morgan fingerprint density at radius 2 is 1.74 bits per heavy atom. The normalized spacial score (nSPS) is 27.6. The lowest BCUT2D eigenvalue weighted by molar-refractivity contribution is -0.149. The molecule has 0 aromatic heterocycles. The number of hydrogen-bond donors (Lipinski definition) is 1. The number of nitrogens with zero attached hydrogens (tertiary/aromatic N) is 1. The Bertz CT molecular complexity index is 345. The molecule has 1 saturated heterocycles. The van der Waals surface area contributed by atoms with Crippen molar-refractivity contribution in [1.82, 2.24) is 4.90 Å². The molecule has 1 heterocycles. The lowest BCUT2D eigenvalue weighted by atomic mass is 9.80. The number of hydrogen-bond acceptors (Lipinski definition) is 2. The van der Waals surface area contributed by atoms with Gasteiger partial charge in [-0.25, -0.2) is 0 Å². The summed E-state index contributed by atoms with van der Waals surface area (Å²) in [5.41, 5.74) is -0.253. The van der Waals surface area contributed by atoms with Crippen molar-refractivity contribution in [1.29, 1.82) is 0 Å². The highest BCUT2D eigenvalue weighted by Crippen LogP contribution is 2.37. The first-order valence-electron chi connectivity index (χ1n) is 7.55. The van der Waals surface area contributed by atoms with Crippen LogP contribution in [-0.2, 0) is 9.59 Å². The van der Waals surface area contributed by atoms with E-state index in [-0.39, 0.29) is 17.2 Å². The summed E-state index contributed by atoms with van der Waals surface area (Å²) < 4.78 is 0. The fraction of sp³-hybridized carbons (Fsp3) is 0.867. The average Bonchev–Trinajstić information content (AvgIpc) is 2.64. The van der Waals surface area contributed by atoms with Crippen LogP contribution in [-0.4, -0.2) is 35.0 Å². The van der Waals surface area contributed by atoms with E-state index in [1.54, 1.807) is 0 Å². The summed E-state index contributed by atoms with van der Waals surface area (Å²) in [5.74, 6) is -0.934. The molecule has 1 saturated carbocycles. The number of aliphatic carboxylic acids is 1. The SMILES string of the molecule is CC1(C(=O)N2CCC[C@H](C(=O)O)C2)CCCCCC1. The van der Waals surface area contributed by atoms with E-state index in [0.717, 1.165) is 38.6 Å². The maximum absolute atomic E-state index is 12.7. The van der Waals surface area contributed by atoms with Crippen LogP contribution in [0.25, 0.3) is 0 Å². The third kappa shape index (κ3) is 3.28. The average molecular weight is 267 g/mol. The molecule has 1 aliphatic heterocycles. The highest BCUT2D eigenvalue weighted by atomic mass is 16.4. The standard InChI is InChI=1S/C15H25NO3/c1-15(8-4-2-3-5-9-15)14(19)16-10-6-7-12(11-16)13(17)18/h12H,2-11H2,1H3,(H,17,18)/t12-/m0/s1. The third-order valence-corrected chi connectivity index (χ3v) is 4.78. The van der Waals surface area contributed by atoms with E-state index in [1.165, 1.54) is 12.8 Å². The second kappa shape index (κ2) is 5.93. The molecule has 0 bridgehead atoms. The first-order valence-corrected chi connectivity index (χ1v) is 7.55. The number of rotatable bonds is 2. The molecule has 0 aromatic rings. The second-order valence-electron chi connectivity index (χ2n) is 6.40. The Hall–Kier alpha value is -1.06. The van der Waals surface area contributed by atoms with E-state index in [0.29, 0.717) is 13.0 Å². The van der Waals surface area contributed by atoms with E-state index < -0.39 is 5.97 Å². The third-order valence-electron chi connectivity index (χ3n) is 4.78. The molecule has 2 aliphatic rings. The first-order chi connectivity index (χ1) is 9.03. The maximum Gasteiger partial charge on any atom is 0.308 e. The molecule has 4 nitrogen and oxygen atoms in total. The molecule has 1 amide bonds. The predicted molar refractivity (Wildman–Crippen MR) is 72.7 cm³/mol. The topological polar surface area (TPSA) is 57.6 Å². The smallest absolute Gasteiger partial charge is 0.308 e. The van der Waals surface area contributed by atoms with Crippen LogP contribution in [0.1, 0.15) is 58.3 Å². The molecule has 0 spiro atoms. The van der Waals surface area contributed by atoms with Gasteiger partial charge in [-0.15, -0.1) is 0 Å². The van der Waals surface area contributed by atoms with Crippen molar-refractivity contribution in [3.63, 3.8) is 0 Å². The van der Waals surface area contributed by atoms with Gasteiger partial charge in [0, 0.05) is 18.5 Å². The molecule has 108 valence electrons. The fourth-order valence-electron chi connectivity index (χ4n) is 3.47. The van der Waals surface area contributed by atoms with Crippen LogP contribution in [0.4, 0.5) is 0 Å². The highest BCUT2D eigenvalue weighted by molar-refractivity contribution is 5.83. The summed E-state index contributed by atoms with van der Waals surface area (Å²) in [6.07, 6.45) is 8.13. The Morgan fingerprint density at radius 1 is 1.11 bits per heavy atom. The molecule has 19 heavy (non-hydrogen) atoms. The maximum atomic E-state index is 12.7. The van der Waals surface area contributed by atoms with E-state index in [1.807, 2.05) is 4.90 Å². The lowest BCUT2D eigenvalue weighted by Crippen LogP contribution is -2.48. The van der Waals surface area contributed by atoms with Gasteiger partial charge < -0.3 is 10.0 Å². The van der Waals surface area contributed by atoms with E-state index >= 15 is 0 Å². The van der Waals surface area contributed by atoms with E-state index in [2.05, 4.69) is 6.92 Å². The first kappa shape index (κ1) is 14.4. The highest BCUT2D eigenvalue weighted by Gasteiger charge is 2.39. The van der Waals surface area contributed by atoms with Crippen LogP contribution in [0.2, 0.25) is 0 Å². The summed E-state index contributed by atoms with van der Waals surface area (Å²) >= 11 is 0. The van der Waals surface area contributed by atoms with Gasteiger partial charge in [0.05, 0.1) is 5.92 Å². The zero-order valence-corrected chi connectivity index (χ0v) is 11.9. The number of carboxylic acid groups (broad SMARTS) is 1. The van der Waals surface area contributed by atoms with Gasteiger partial charge in [-0.3, -0.25) is 9.59 Å². The van der Waals surface area contributed by atoms with E-state index in [9.17, 15) is 9.59 Å². The molecule has 2 rings (SSSR count). The Morgan fingerprint density at radius 3 is 2.32 bits per heavy atom. The summed E-state index contributed by atoms with van der Waals surface area (Å²) in [6, 6.07) is 0. The monoisotopic (exact) mass is 267 g/mol. The van der Waals surface area contributed by atoms with Crippen molar-refractivity contribution >= 4 is 11.9 Å². The number of likely N-dealkylation sites (tertiary alicyclic amines) is 1. The molecule has 1 aliphatic carbocycles. The van der Waals surface area contributed by atoms with Crippen molar-refractivity contribution in [3.05, 3.63) is 0 Å². The Kier molecular flexibility index (Phi) is 4.48. The van der Waals surface area contributed by atoms with Gasteiger partial charge in [-0.2, -0.15) is 0 Å². The molecule has 1 N–H and O–H groups in total. The minimum absolute atomic E-state index is 0.195. The molecule has 0 radical (unpaired) electrons. The van der Waals surface area contributed by atoms with Crippen molar-refractivity contribution in [2.24, 2.45) is 11.3 Å². The number of carbonyl (C=O) groups excluding carboxylic acids is 1.